The van der Waals surface area contributed by atoms with Crippen molar-refractivity contribution >= 4 is 32.4 Å². The molecule has 0 spiro atoms. The van der Waals surface area contributed by atoms with Crippen LogP contribution in [0.1, 0.15) is 16.5 Å². The van der Waals surface area contributed by atoms with Crippen molar-refractivity contribution in [1.29, 1.82) is 0 Å². The van der Waals surface area contributed by atoms with Crippen LogP contribution >= 0.6 is 11.3 Å². The molecule has 0 saturated carbocycles. The first-order valence-electron chi connectivity index (χ1n) is 8.92. The van der Waals surface area contributed by atoms with Crippen LogP contribution in [0.15, 0.2) is 70.9 Å². The molecule has 2 aromatic carbocycles. The Balaban J connectivity index is 1.59. The third kappa shape index (κ3) is 4.38. The van der Waals surface area contributed by atoms with Gasteiger partial charge in [-0.1, -0.05) is 52.9 Å². The quantitative estimate of drug-likeness (QED) is 0.499. The minimum absolute atomic E-state index is 0.216. The van der Waals surface area contributed by atoms with Crippen LogP contribution in [-0.2, 0) is 16.6 Å². The van der Waals surface area contributed by atoms with Gasteiger partial charge in [-0.3, -0.25) is 0 Å². The normalized spacial score (nSPS) is 12.4. The standard InChI is InChI=1S/C21H18N4O2S2/c1-16-10-12-17(13-11-16)29(26,27)23-19(21-9-5-15-28-21)7-4-14-25-20-8-3-2-6-18(20)22-24-25/h2-3,5-6,8-13,15,19,23H,14H2,1H3. The summed E-state index contributed by atoms with van der Waals surface area (Å²) in [5, 5.41) is 10.1. The average Bonchev–Trinajstić information content (AvgIpc) is 3.38. The zero-order valence-corrected chi connectivity index (χ0v) is 17.2. The molecule has 0 aliphatic heterocycles. The second-order valence-corrected chi connectivity index (χ2v) is 9.13. The zero-order chi connectivity index (χ0) is 20.3. The smallest absolute Gasteiger partial charge is 0.233 e. The summed E-state index contributed by atoms with van der Waals surface area (Å²) in [6, 6.07) is 17.5. The lowest BCUT2D eigenvalue weighted by Gasteiger charge is -2.12. The molecule has 0 fully saturated rings. The predicted molar refractivity (Wildman–Crippen MR) is 114 cm³/mol. The summed E-state index contributed by atoms with van der Waals surface area (Å²) in [6.45, 7) is 2.23. The van der Waals surface area contributed by atoms with Crippen LogP contribution in [0.3, 0.4) is 0 Å². The maximum Gasteiger partial charge on any atom is 0.241 e. The first-order valence-corrected chi connectivity index (χ1v) is 11.3. The summed E-state index contributed by atoms with van der Waals surface area (Å²) in [5.74, 6) is 6.09. The van der Waals surface area contributed by atoms with Gasteiger partial charge in [-0.05, 0) is 42.6 Å². The van der Waals surface area contributed by atoms with Crippen LogP contribution in [0.2, 0.25) is 0 Å². The fraction of sp³-hybridized carbons (Fsp3) is 0.143. The highest BCUT2D eigenvalue weighted by atomic mass is 32.2. The molecule has 4 aromatic rings. The fourth-order valence-electron chi connectivity index (χ4n) is 2.81. The van der Waals surface area contributed by atoms with Gasteiger partial charge in [0.25, 0.3) is 0 Å². The molecule has 0 saturated heterocycles. The van der Waals surface area contributed by atoms with Crippen molar-refractivity contribution in [2.75, 3.05) is 0 Å². The third-order valence-corrected chi connectivity index (χ3v) is 6.70. The van der Waals surface area contributed by atoms with Gasteiger partial charge < -0.3 is 0 Å². The molecule has 0 amide bonds. The Bertz CT molecular complexity index is 1280. The molecule has 6 nitrogen and oxygen atoms in total. The van der Waals surface area contributed by atoms with E-state index in [-0.39, 0.29) is 4.90 Å². The fourth-order valence-corrected chi connectivity index (χ4v) is 4.74. The van der Waals surface area contributed by atoms with Gasteiger partial charge in [-0.15, -0.1) is 16.4 Å². The van der Waals surface area contributed by atoms with Crippen LogP contribution in [0, 0.1) is 18.8 Å². The second kappa shape index (κ2) is 8.17. The molecule has 2 heterocycles. The molecular weight excluding hydrogens is 404 g/mol. The molecule has 0 radical (unpaired) electrons. The van der Waals surface area contributed by atoms with Crippen molar-refractivity contribution in [3.8, 4) is 11.8 Å². The van der Waals surface area contributed by atoms with Gasteiger partial charge in [0.1, 0.15) is 18.1 Å². The predicted octanol–water partition coefficient (Wildman–Crippen LogP) is 3.52. The molecule has 1 N–H and O–H groups in total. The minimum atomic E-state index is -3.70. The SMILES string of the molecule is Cc1ccc(S(=O)(=O)NC(C#CCn2nnc3ccccc32)c2cccs2)cc1. The largest absolute Gasteiger partial charge is 0.241 e. The number of nitrogens with zero attached hydrogens (tertiary/aromatic N) is 3. The lowest BCUT2D eigenvalue weighted by molar-refractivity contribution is 0.577. The van der Waals surface area contributed by atoms with Gasteiger partial charge in [0.2, 0.25) is 10.0 Å². The number of hydrogen-bond acceptors (Lipinski definition) is 5. The molecule has 0 aliphatic rings. The number of rotatable bonds is 5. The number of nitrogens with one attached hydrogen (secondary N) is 1. The van der Waals surface area contributed by atoms with Crippen molar-refractivity contribution in [1.82, 2.24) is 19.7 Å². The third-order valence-electron chi connectivity index (χ3n) is 4.33. The number of fused-ring (bicyclic) bond motifs is 1. The molecule has 1 unspecified atom stereocenters. The molecule has 0 bridgehead atoms. The van der Waals surface area contributed by atoms with Gasteiger partial charge in [0, 0.05) is 4.88 Å². The van der Waals surface area contributed by atoms with Gasteiger partial charge >= 0.3 is 0 Å². The maximum atomic E-state index is 12.8. The van der Waals surface area contributed by atoms with Crippen molar-refractivity contribution < 1.29 is 8.42 Å². The van der Waals surface area contributed by atoms with Crippen molar-refractivity contribution in [3.05, 3.63) is 76.5 Å². The average molecular weight is 423 g/mol. The number of aromatic nitrogens is 3. The Labute approximate surface area is 173 Å². The molecule has 146 valence electrons. The summed E-state index contributed by atoms with van der Waals surface area (Å²) < 4.78 is 30.0. The van der Waals surface area contributed by atoms with E-state index in [9.17, 15) is 8.42 Å². The molecule has 1 atom stereocenters. The monoisotopic (exact) mass is 422 g/mol. The zero-order valence-electron chi connectivity index (χ0n) is 15.6. The van der Waals surface area contributed by atoms with Crippen molar-refractivity contribution in [2.45, 2.75) is 24.4 Å². The number of sulfonamides is 1. The van der Waals surface area contributed by atoms with Crippen molar-refractivity contribution in [3.63, 3.8) is 0 Å². The van der Waals surface area contributed by atoms with E-state index >= 15 is 0 Å². The molecular formula is C21H18N4O2S2. The van der Waals surface area contributed by atoms with E-state index in [0.29, 0.717) is 6.54 Å². The topological polar surface area (TPSA) is 76.9 Å². The number of thiophene rings is 1. The van der Waals surface area contributed by atoms with Crippen molar-refractivity contribution in [2.24, 2.45) is 0 Å². The summed E-state index contributed by atoms with van der Waals surface area (Å²) >= 11 is 1.46. The van der Waals surface area contributed by atoms with Crippen LogP contribution in [0.25, 0.3) is 11.0 Å². The first kappa shape index (κ1) is 19.3. The Morgan fingerprint density at radius 2 is 1.90 bits per heavy atom. The number of hydrogen-bond donors (Lipinski definition) is 1. The van der Waals surface area contributed by atoms with Crippen LogP contribution in [0.5, 0.6) is 0 Å². The second-order valence-electron chi connectivity index (χ2n) is 6.44. The van der Waals surface area contributed by atoms with E-state index in [1.54, 1.807) is 28.9 Å². The van der Waals surface area contributed by atoms with E-state index < -0.39 is 16.1 Å². The lowest BCUT2D eigenvalue weighted by atomic mass is 10.2. The Hall–Kier alpha value is -2.99. The number of para-hydroxylation sites is 1. The van der Waals surface area contributed by atoms with Crippen LogP contribution < -0.4 is 4.72 Å². The molecule has 2 aromatic heterocycles. The summed E-state index contributed by atoms with van der Waals surface area (Å²) in [6.07, 6.45) is 0. The Kier molecular flexibility index (Phi) is 5.45. The van der Waals surface area contributed by atoms with Gasteiger partial charge in [-0.2, -0.15) is 4.72 Å². The molecule has 0 aliphatic carbocycles. The Morgan fingerprint density at radius 3 is 2.66 bits per heavy atom. The van der Waals surface area contributed by atoms with E-state index in [4.69, 9.17) is 0 Å². The maximum absolute atomic E-state index is 12.8. The Morgan fingerprint density at radius 1 is 1.10 bits per heavy atom. The first-order chi connectivity index (χ1) is 14.0. The number of aryl methyl sites for hydroxylation is 1. The van der Waals surface area contributed by atoms with E-state index in [0.717, 1.165) is 21.5 Å². The van der Waals surface area contributed by atoms with Gasteiger partial charge in [0.05, 0.1) is 10.4 Å². The molecule has 29 heavy (non-hydrogen) atoms. The summed E-state index contributed by atoms with van der Waals surface area (Å²) in [4.78, 5) is 1.05. The van der Waals surface area contributed by atoms with Gasteiger partial charge in [-0.25, -0.2) is 13.1 Å². The van der Waals surface area contributed by atoms with E-state index in [2.05, 4.69) is 26.9 Å². The van der Waals surface area contributed by atoms with Crippen LogP contribution in [-0.4, -0.2) is 23.4 Å². The van der Waals surface area contributed by atoms with E-state index in [1.807, 2.05) is 48.7 Å². The highest BCUT2D eigenvalue weighted by Crippen LogP contribution is 2.21. The summed E-state index contributed by atoms with van der Waals surface area (Å²) in [7, 11) is -3.70. The highest BCUT2D eigenvalue weighted by Gasteiger charge is 2.20. The minimum Gasteiger partial charge on any atom is -0.233 e. The number of benzene rings is 2. The highest BCUT2D eigenvalue weighted by molar-refractivity contribution is 7.89. The van der Waals surface area contributed by atoms with Gasteiger partial charge in [0.15, 0.2) is 0 Å². The summed E-state index contributed by atoms with van der Waals surface area (Å²) in [5.41, 5.74) is 2.68. The lowest BCUT2D eigenvalue weighted by Crippen LogP contribution is -2.27. The molecule has 8 heteroatoms. The van der Waals surface area contributed by atoms with E-state index in [1.165, 1.54) is 11.3 Å². The van der Waals surface area contributed by atoms with Crippen LogP contribution in [0.4, 0.5) is 0 Å². The molecule has 4 rings (SSSR count).